The molecule has 1 amide bonds. The summed E-state index contributed by atoms with van der Waals surface area (Å²) in [6.45, 7) is 7.63. The van der Waals surface area contributed by atoms with Crippen molar-refractivity contribution in [2.45, 2.75) is 39.5 Å². The fourth-order valence-corrected chi connectivity index (χ4v) is 3.86. The molecule has 0 bridgehead atoms. The van der Waals surface area contributed by atoms with Gasteiger partial charge in [-0.25, -0.2) is 0 Å². The topological polar surface area (TPSA) is 61.9 Å². The average molecular weight is 348 g/mol. The first kappa shape index (κ1) is 16.8. The number of amides is 1. The third-order valence-electron chi connectivity index (χ3n) is 5.46. The van der Waals surface area contributed by atoms with Crippen molar-refractivity contribution in [3.63, 3.8) is 0 Å². The van der Waals surface area contributed by atoms with Crippen LogP contribution in [0.3, 0.4) is 0 Å². The molecule has 1 fully saturated rings. The van der Waals surface area contributed by atoms with Gasteiger partial charge in [0.2, 0.25) is 0 Å². The Hall–Kier alpha value is -2.69. The average Bonchev–Trinajstić information content (AvgIpc) is 2.95. The zero-order chi connectivity index (χ0) is 18.3. The van der Waals surface area contributed by atoms with Crippen molar-refractivity contribution in [1.29, 1.82) is 0 Å². The van der Waals surface area contributed by atoms with E-state index in [4.69, 9.17) is 0 Å². The molecule has 3 heterocycles. The van der Waals surface area contributed by atoms with E-state index in [0.717, 1.165) is 52.9 Å². The number of hydrogen-bond donors (Lipinski definition) is 1. The Morgan fingerprint density at radius 3 is 2.88 bits per heavy atom. The molecule has 0 aliphatic carbocycles. The predicted octanol–water partition coefficient (Wildman–Crippen LogP) is 3.90. The van der Waals surface area contributed by atoms with Crippen molar-refractivity contribution >= 4 is 16.8 Å². The monoisotopic (exact) mass is 348 g/mol. The zero-order valence-corrected chi connectivity index (χ0v) is 15.5. The lowest BCUT2D eigenvalue weighted by Crippen LogP contribution is -2.39. The Morgan fingerprint density at radius 1 is 1.23 bits per heavy atom. The van der Waals surface area contributed by atoms with Crippen LogP contribution < -0.4 is 0 Å². The third kappa shape index (κ3) is 2.98. The van der Waals surface area contributed by atoms with E-state index < -0.39 is 0 Å². The summed E-state index contributed by atoms with van der Waals surface area (Å²) in [5.41, 5.74) is 6.13. The van der Waals surface area contributed by atoms with Gasteiger partial charge in [-0.15, -0.1) is 0 Å². The lowest BCUT2D eigenvalue weighted by atomic mass is 9.94. The predicted molar refractivity (Wildman–Crippen MR) is 102 cm³/mol. The maximum Gasteiger partial charge on any atom is 0.253 e. The molecule has 26 heavy (non-hydrogen) atoms. The van der Waals surface area contributed by atoms with Gasteiger partial charge in [0.05, 0.1) is 11.4 Å². The number of fused-ring (bicyclic) bond motifs is 1. The summed E-state index contributed by atoms with van der Waals surface area (Å²) >= 11 is 0. The molecule has 2 aromatic heterocycles. The molecule has 1 aliphatic rings. The number of H-pyrrole nitrogens is 1. The highest BCUT2D eigenvalue weighted by molar-refractivity contribution is 5.99. The van der Waals surface area contributed by atoms with E-state index in [1.54, 1.807) is 6.20 Å². The number of piperidine rings is 1. The molecule has 1 saturated heterocycles. The molecule has 0 spiro atoms. The fourth-order valence-electron chi connectivity index (χ4n) is 3.86. The van der Waals surface area contributed by atoms with Crippen LogP contribution in [0.2, 0.25) is 0 Å². The van der Waals surface area contributed by atoms with Crippen LogP contribution in [0, 0.1) is 20.8 Å². The molecule has 3 aromatic rings. The summed E-state index contributed by atoms with van der Waals surface area (Å²) in [6.07, 6.45) is 5.66. The van der Waals surface area contributed by atoms with E-state index in [9.17, 15) is 4.79 Å². The molecule has 5 heteroatoms. The number of carbonyl (C=O) groups is 1. The van der Waals surface area contributed by atoms with Crippen LogP contribution in [0.25, 0.3) is 10.9 Å². The van der Waals surface area contributed by atoms with Gasteiger partial charge in [0.15, 0.2) is 0 Å². The Balaban J connectivity index is 1.58. The van der Waals surface area contributed by atoms with Crippen LogP contribution in [0.1, 0.15) is 51.8 Å². The van der Waals surface area contributed by atoms with Crippen LogP contribution in [-0.4, -0.2) is 38.8 Å². The molecule has 4 rings (SSSR count). The van der Waals surface area contributed by atoms with Gasteiger partial charge >= 0.3 is 0 Å². The number of likely N-dealkylation sites (tertiary alicyclic amines) is 1. The maximum atomic E-state index is 13.1. The lowest BCUT2D eigenvalue weighted by Gasteiger charge is -2.32. The molecule has 1 unspecified atom stereocenters. The molecule has 1 aliphatic heterocycles. The molecule has 0 radical (unpaired) electrons. The summed E-state index contributed by atoms with van der Waals surface area (Å²) in [5.74, 6) is 0.371. The fraction of sp³-hybridized carbons (Fsp3) is 0.381. The molecular formula is C21H24N4O. The van der Waals surface area contributed by atoms with Gasteiger partial charge in [0.25, 0.3) is 5.91 Å². The van der Waals surface area contributed by atoms with Crippen molar-refractivity contribution in [1.82, 2.24) is 19.9 Å². The minimum atomic E-state index is 0.107. The number of benzene rings is 1. The molecule has 1 N–H and O–H groups in total. The van der Waals surface area contributed by atoms with Crippen molar-refractivity contribution < 1.29 is 4.79 Å². The van der Waals surface area contributed by atoms with Crippen LogP contribution >= 0.6 is 0 Å². The van der Waals surface area contributed by atoms with E-state index >= 15 is 0 Å². The van der Waals surface area contributed by atoms with Crippen molar-refractivity contribution in [3.05, 3.63) is 58.8 Å². The Kier molecular flexibility index (Phi) is 4.23. The first-order valence-corrected chi connectivity index (χ1v) is 9.19. The van der Waals surface area contributed by atoms with Gasteiger partial charge in [-0.2, -0.15) is 0 Å². The third-order valence-corrected chi connectivity index (χ3v) is 5.46. The van der Waals surface area contributed by atoms with E-state index in [1.807, 2.05) is 36.2 Å². The molecule has 1 atom stereocenters. The van der Waals surface area contributed by atoms with Gasteiger partial charge < -0.3 is 9.88 Å². The van der Waals surface area contributed by atoms with Crippen LogP contribution in [0.4, 0.5) is 0 Å². The number of aromatic nitrogens is 3. The Bertz CT molecular complexity index is 975. The number of nitrogens with one attached hydrogen (secondary N) is 1. The minimum Gasteiger partial charge on any atom is -0.358 e. The molecule has 1 aromatic carbocycles. The highest BCUT2D eigenvalue weighted by atomic mass is 16.2. The van der Waals surface area contributed by atoms with E-state index in [1.165, 1.54) is 5.56 Å². The number of carbonyl (C=O) groups excluding carboxylic acids is 1. The number of nitrogens with zero attached hydrogens (tertiary/aromatic N) is 3. The second-order valence-corrected chi connectivity index (χ2v) is 7.31. The quantitative estimate of drug-likeness (QED) is 0.764. The number of hydrogen-bond acceptors (Lipinski definition) is 3. The summed E-state index contributed by atoms with van der Waals surface area (Å²) < 4.78 is 0. The summed E-state index contributed by atoms with van der Waals surface area (Å²) in [7, 11) is 0. The first-order valence-electron chi connectivity index (χ1n) is 9.19. The van der Waals surface area contributed by atoms with Gasteiger partial charge in [-0.1, -0.05) is 0 Å². The summed E-state index contributed by atoms with van der Waals surface area (Å²) in [6, 6.07) is 5.96. The van der Waals surface area contributed by atoms with Crippen LogP contribution in [0.15, 0.2) is 30.6 Å². The van der Waals surface area contributed by atoms with Gasteiger partial charge in [-0.05, 0) is 57.4 Å². The summed E-state index contributed by atoms with van der Waals surface area (Å²) in [5, 5.41) is 1.13. The molecule has 0 saturated carbocycles. The second kappa shape index (κ2) is 6.56. The maximum absolute atomic E-state index is 13.1. The Labute approximate surface area is 153 Å². The van der Waals surface area contributed by atoms with Crippen LogP contribution in [0.5, 0.6) is 0 Å². The summed E-state index contributed by atoms with van der Waals surface area (Å²) in [4.78, 5) is 27.3. The van der Waals surface area contributed by atoms with E-state index in [0.29, 0.717) is 6.54 Å². The van der Waals surface area contributed by atoms with E-state index in [2.05, 4.69) is 28.8 Å². The molecular weight excluding hydrogens is 324 g/mol. The lowest BCUT2D eigenvalue weighted by molar-refractivity contribution is 0.0706. The standard InChI is InChI=1S/C21H24N4O/c1-13-10-22-11-20(23-13)17-5-4-8-25(12-17)21(26)16-6-7-19-18(9-16)14(2)15(3)24-19/h6-7,9-11,17,24H,4-5,8,12H2,1-3H3. The first-order chi connectivity index (χ1) is 12.5. The van der Waals surface area contributed by atoms with Gasteiger partial charge in [0, 0.05) is 53.6 Å². The minimum absolute atomic E-state index is 0.107. The Morgan fingerprint density at radius 2 is 2.08 bits per heavy atom. The second-order valence-electron chi connectivity index (χ2n) is 7.31. The van der Waals surface area contributed by atoms with Crippen molar-refractivity contribution in [2.75, 3.05) is 13.1 Å². The number of aryl methyl sites for hydroxylation is 3. The van der Waals surface area contributed by atoms with Crippen molar-refractivity contribution in [3.8, 4) is 0 Å². The largest absolute Gasteiger partial charge is 0.358 e. The highest BCUT2D eigenvalue weighted by Gasteiger charge is 2.26. The van der Waals surface area contributed by atoms with Crippen LogP contribution in [-0.2, 0) is 0 Å². The SMILES string of the molecule is Cc1cncc(C2CCCN(C(=O)c3ccc4[nH]c(C)c(C)c4c3)C2)n1. The van der Waals surface area contributed by atoms with Gasteiger partial charge in [-0.3, -0.25) is 14.8 Å². The molecule has 5 nitrogen and oxygen atoms in total. The number of aromatic amines is 1. The zero-order valence-electron chi connectivity index (χ0n) is 15.5. The van der Waals surface area contributed by atoms with Crippen molar-refractivity contribution in [2.24, 2.45) is 0 Å². The van der Waals surface area contributed by atoms with Gasteiger partial charge in [0.1, 0.15) is 0 Å². The highest BCUT2D eigenvalue weighted by Crippen LogP contribution is 2.28. The smallest absolute Gasteiger partial charge is 0.253 e. The normalized spacial score (nSPS) is 17.7. The molecule has 134 valence electrons. The number of rotatable bonds is 2. The van der Waals surface area contributed by atoms with E-state index in [-0.39, 0.29) is 11.8 Å².